The number of carbonyl (C=O) groups is 3. The molecule has 8 heteroatoms. The second kappa shape index (κ2) is 10.7. The second-order valence-electron chi connectivity index (χ2n) is 9.23. The fraction of sp³-hybridized carbons (Fsp3) is 0.640. The Hall–Kier alpha value is -2.37. The van der Waals surface area contributed by atoms with Gasteiger partial charge >= 0.3 is 5.97 Å². The van der Waals surface area contributed by atoms with Crippen LogP contribution in [0.25, 0.3) is 0 Å². The molecule has 3 aliphatic rings. The molecule has 33 heavy (non-hydrogen) atoms. The predicted molar refractivity (Wildman–Crippen MR) is 126 cm³/mol. The lowest BCUT2D eigenvalue weighted by Crippen LogP contribution is -2.49. The molecular weight excluding hydrogens is 440 g/mol. The third kappa shape index (κ3) is 5.96. The van der Waals surface area contributed by atoms with Crippen LogP contribution in [0.1, 0.15) is 60.0 Å². The van der Waals surface area contributed by atoms with Crippen LogP contribution in [0.15, 0.2) is 6.07 Å². The number of amides is 2. The Kier molecular flexibility index (Phi) is 7.71. The van der Waals surface area contributed by atoms with Crippen molar-refractivity contribution in [3.8, 4) is 11.8 Å². The molecule has 2 aliphatic carbocycles. The minimum Gasteiger partial charge on any atom is -0.465 e. The van der Waals surface area contributed by atoms with Crippen LogP contribution < -0.4 is 4.90 Å². The van der Waals surface area contributed by atoms with Crippen molar-refractivity contribution in [3.63, 3.8) is 0 Å². The Labute approximate surface area is 199 Å². The number of hydrogen-bond donors (Lipinski definition) is 0. The maximum atomic E-state index is 13.7. The average Bonchev–Trinajstić information content (AvgIpc) is 3.58. The van der Waals surface area contributed by atoms with Crippen LogP contribution in [0.3, 0.4) is 0 Å². The van der Waals surface area contributed by atoms with E-state index in [1.807, 2.05) is 0 Å². The smallest absolute Gasteiger partial charge is 0.350 e. The van der Waals surface area contributed by atoms with Gasteiger partial charge in [-0.2, -0.15) is 0 Å². The zero-order valence-electron chi connectivity index (χ0n) is 19.4. The van der Waals surface area contributed by atoms with Crippen molar-refractivity contribution < 1.29 is 23.9 Å². The van der Waals surface area contributed by atoms with E-state index < -0.39 is 5.97 Å². The van der Waals surface area contributed by atoms with Gasteiger partial charge in [0.25, 0.3) is 0 Å². The van der Waals surface area contributed by atoms with Gasteiger partial charge in [0.1, 0.15) is 11.4 Å². The molecule has 1 aromatic heterocycles. The molecular formula is C25H32N2O5S. The number of thiophene rings is 1. The van der Waals surface area contributed by atoms with Gasteiger partial charge in [-0.1, -0.05) is 18.8 Å². The summed E-state index contributed by atoms with van der Waals surface area (Å²) in [4.78, 5) is 43.8. The van der Waals surface area contributed by atoms with Crippen molar-refractivity contribution in [3.05, 3.63) is 15.8 Å². The Morgan fingerprint density at radius 3 is 2.48 bits per heavy atom. The lowest BCUT2D eigenvalue weighted by molar-refractivity contribution is -0.135. The van der Waals surface area contributed by atoms with E-state index in [0.29, 0.717) is 53.6 Å². The van der Waals surface area contributed by atoms with E-state index in [0.717, 1.165) is 38.5 Å². The van der Waals surface area contributed by atoms with Crippen molar-refractivity contribution in [1.29, 1.82) is 0 Å². The highest BCUT2D eigenvalue weighted by Crippen LogP contribution is 2.36. The lowest BCUT2D eigenvalue weighted by Gasteiger charge is -2.33. The molecule has 0 aromatic carbocycles. The highest BCUT2D eigenvalue weighted by Gasteiger charge is 2.34. The summed E-state index contributed by atoms with van der Waals surface area (Å²) >= 11 is 1.23. The van der Waals surface area contributed by atoms with Gasteiger partial charge < -0.3 is 19.3 Å². The van der Waals surface area contributed by atoms with Crippen LogP contribution in [-0.4, -0.2) is 62.6 Å². The van der Waals surface area contributed by atoms with Gasteiger partial charge in [-0.3, -0.25) is 9.59 Å². The highest BCUT2D eigenvalue weighted by molar-refractivity contribution is 7.15. The second-order valence-corrected chi connectivity index (χ2v) is 10.3. The monoisotopic (exact) mass is 472 g/mol. The van der Waals surface area contributed by atoms with E-state index in [1.54, 1.807) is 11.0 Å². The molecule has 1 aliphatic heterocycles. The minimum atomic E-state index is -0.511. The van der Waals surface area contributed by atoms with Gasteiger partial charge in [-0.25, -0.2) is 4.79 Å². The molecule has 3 fully saturated rings. The van der Waals surface area contributed by atoms with Crippen molar-refractivity contribution in [2.45, 2.75) is 45.4 Å². The molecule has 0 bridgehead atoms. The molecule has 2 saturated carbocycles. The first-order valence-electron chi connectivity index (χ1n) is 11.9. The van der Waals surface area contributed by atoms with E-state index in [1.165, 1.54) is 23.3 Å². The van der Waals surface area contributed by atoms with Crippen molar-refractivity contribution in [2.75, 3.05) is 44.9 Å². The molecule has 0 radical (unpaired) electrons. The number of esters is 1. The summed E-state index contributed by atoms with van der Waals surface area (Å²) < 4.78 is 10.4. The predicted octanol–water partition coefficient (Wildman–Crippen LogP) is 3.31. The van der Waals surface area contributed by atoms with E-state index >= 15 is 0 Å². The van der Waals surface area contributed by atoms with E-state index in [9.17, 15) is 14.4 Å². The Morgan fingerprint density at radius 1 is 1.15 bits per heavy atom. The molecule has 0 spiro atoms. The summed E-state index contributed by atoms with van der Waals surface area (Å²) in [6.45, 7) is 4.11. The van der Waals surface area contributed by atoms with E-state index in [2.05, 4.69) is 18.8 Å². The van der Waals surface area contributed by atoms with Gasteiger partial charge in [-0.05, 0) is 50.5 Å². The van der Waals surface area contributed by atoms with Gasteiger partial charge in [0, 0.05) is 24.9 Å². The number of morpholine rings is 1. The van der Waals surface area contributed by atoms with Gasteiger partial charge in [0.2, 0.25) is 11.8 Å². The standard InChI is InChI=1S/C25H32N2O5S/c1-17-3-8-19(9-4-17)24(29)27(16-22(28)26-11-13-32-14-12-26)21-15-20(10-7-18-5-6-18)33-23(21)25(30)31-2/h15,17-19H,3-6,8-9,11-14,16H2,1-2H3. The first kappa shape index (κ1) is 23.8. The zero-order valence-corrected chi connectivity index (χ0v) is 20.2. The quantitative estimate of drug-likeness (QED) is 0.485. The van der Waals surface area contributed by atoms with Crippen LogP contribution in [-0.2, 0) is 19.1 Å². The van der Waals surface area contributed by atoms with Gasteiger partial charge in [-0.15, -0.1) is 11.3 Å². The summed E-state index contributed by atoms with van der Waals surface area (Å²) in [5, 5.41) is 0. The Balaban J connectivity index is 1.65. The zero-order chi connectivity index (χ0) is 23.4. The summed E-state index contributed by atoms with van der Waals surface area (Å²) in [7, 11) is 1.33. The molecule has 0 unspecified atom stereocenters. The SMILES string of the molecule is COC(=O)c1sc(C#CC2CC2)cc1N(CC(=O)N1CCOCC1)C(=O)C1CCC(C)CC1. The molecule has 0 N–H and O–H groups in total. The molecule has 7 nitrogen and oxygen atoms in total. The molecule has 1 aromatic rings. The normalized spacial score (nSPS) is 22.8. The summed E-state index contributed by atoms with van der Waals surface area (Å²) in [5.41, 5.74) is 0.442. The third-order valence-corrected chi connectivity index (χ3v) is 7.66. The highest BCUT2D eigenvalue weighted by atomic mass is 32.1. The third-order valence-electron chi connectivity index (χ3n) is 6.64. The molecule has 4 rings (SSSR count). The maximum absolute atomic E-state index is 13.7. The number of ether oxygens (including phenoxy) is 2. The number of nitrogens with zero attached hydrogens (tertiary/aromatic N) is 2. The fourth-order valence-electron chi connectivity index (χ4n) is 4.34. The maximum Gasteiger partial charge on any atom is 0.350 e. The van der Waals surface area contributed by atoms with Crippen molar-refractivity contribution in [2.24, 2.45) is 17.8 Å². The van der Waals surface area contributed by atoms with Crippen LogP contribution in [0, 0.1) is 29.6 Å². The minimum absolute atomic E-state index is 0.0897. The summed E-state index contributed by atoms with van der Waals surface area (Å²) in [6.07, 6.45) is 5.80. The van der Waals surface area contributed by atoms with Crippen LogP contribution in [0.2, 0.25) is 0 Å². The average molecular weight is 473 g/mol. The molecule has 1 saturated heterocycles. The molecule has 2 amide bonds. The van der Waals surface area contributed by atoms with Crippen LogP contribution in [0.4, 0.5) is 5.69 Å². The van der Waals surface area contributed by atoms with E-state index in [-0.39, 0.29) is 24.3 Å². The fourth-order valence-corrected chi connectivity index (χ4v) is 5.28. The number of carbonyl (C=O) groups excluding carboxylic acids is 3. The van der Waals surface area contributed by atoms with Crippen LogP contribution in [0.5, 0.6) is 0 Å². The molecule has 178 valence electrons. The Bertz CT molecular complexity index is 944. The topological polar surface area (TPSA) is 76.2 Å². The molecule has 2 heterocycles. The van der Waals surface area contributed by atoms with Crippen molar-refractivity contribution >= 4 is 34.8 Å². The molecule has 0 atom stereocenters. The van der Waals surface area contributed by atoms with E-state index in [4.69, 9.17) is 9.47 Å². The van der Waals surface area contributed by atoms with Gasteiger partial charge in [0.05, 0.1) is 30.9 Å². The van der Waals surface area contributed by atoms with Crippen molar-refractivity contribution in [1.82, 2.24) is 4.90 Å². The number of rotatable bonds is 5. The lowest BCUT2D eigenvalue weighted by atomic mass is 9.82. The first-order valence-corrected chi connectivity index (χ1v) is 12.7. The number of methoxy groups -OCH3 is 1. The largest absolute Gasteiger partial charge is 0.465 e. The first-order chi connectivity index (χ1) is 16.0. The van der Waals surface area contributed by atoms with Crippen LogP contribution >= 0.6 is 11.3 Å². The number of anilines is 1. The summed E-state index contributed by atoms with van der Waals surface area (Å²) in [6, 6.07) is 1.78. The Morgan fingerprint density at radius 2 is 1.85 bits per heavy atom. The summed E-state index contributed by atoms with van der Waals surface area (Å²) in [5.74, 6) is 6.51. The van der Waals surface area contributed by atoms with Gasteiger partial charge in [0.15, 0.2) is 0 Å². The number of hydrogen-bond acceptors (Lipinski definition) is 6.